The zero-order valence-corrected chi connectivity index (χ0v) is 11.8. The SMILES string of the molecule is CC(C)c1nn(C)c(Cl)c1C(O)c1cccc(F)c1. The molecule has 102 valence electrons. The minimum Gasteiger partial charge on any atom is -0.383 e. The Kier molecular flexibility index (Phi) is 3.92. The van der Waals surface area contributed by atoms with Crippen molar-refractivity contribution in [2.24, 2.45) is 7.05 Å². The van der Waals surface area contributed by atoms with Gasteiger partial charge in [0.1, 0.15) is 17.1 Å². The van der Waals surface area contributed by atoms with Gasteiger partial charge in [0, 0.05) is 12.6 Å². The lowest BCUT2D eigenvalue weighted by atomic mass is 9.97. The van der Waals surface area contributed by atoms with Crippen molar-refractivity contribution in [1.82, 2.24) is 9.78 Å². The van der Waals surface area contributed by atoms with E-state index in [1.165, 1.54) is 16.8 Å². The van der Waals surface area contributed by atoms with Crippen LogP contribution >= 0.6 is 11.6 Å². The first-order valence-electron chi connectivity index (χ1n) is 6.07. The molecule has 1 aromatic heterocycles. The predicted octanol–water partition coefficient (Wildman–Crippen LogP) is 3.42. The molecule has 0 saturated heterocycles. The topological polar surface area (TPSA) is 38.0 Å². The summed E-state index contributed by atoms with van der Waals surface area (Å²) in [7, 11) is 1.72. The van der Waals surface area contributed by atoms with Crippen LogP contribution in [-0.4, -0.2) is 14.9 Å². The highest BCUT2D eigenvalue weighted by atomic mass is 35.5. The Morgan fingerprint density at radius 1 is 1.37 bits per heavy atom. The van der Waals surface area contributed by atoms with Gasteiger partial charge in [-0.3, -0.25) is 4.68 Å². The largest absolute Gasteiger partial charge is 0.383 e. The highest BCUT2D eigenvalue weighted by Crippen LogP contribution is 2.34. The molecular formula is C14H16ClFN2O. The predicted molar refractivity (Wildman–Crippen MR) is 72.8 cm³/mol. The Bertz CT molecular complexity index is 595. The molecule has 0 aliphatic heterocycles. The molecular weight excluding hydrogens is 267 g/mol. The van der Waals surface area contributed by atoms with Gasteiger partial charge >= 0.3 is 0 Å². The Labute approximate surface area is 116 Å². The van der Waals surface area contributed by atoms with E-state index in [1.807, 2.05) is 13.8 Å². The fourth-order valence-electron chi connectivity index (χ4n) is 2.06. The first kappa shape index (κ1) is 14.0. The second-order valence-electron chi connectivity index (χ2n) is 4.83. The number of aliphatic hydroxyl groups is 1. The van der Waals surface area contributed by atoms with Gasteiger partial charge in [0.25, 0.3) is 0 Å². The third-order valence-corrected chi connectivity index (χ3v) is 3.47. The molecule has 3 nitrogen and oxygen atoms in total. The normalized spacial score (nSPS) is 13.0. The summed E-state index contributed by atoms with van der Waals surface area (Å²) in [5, 5.41) is 15.1. The lowest BCUT2D eigenvalue weighted by molar-refractivity contribution is 0.218. The summed E-state index contributed by atoms with van der Waals surface area (Å²) in [5.74, 6) is -0.264. The Morgan fingerprint density at radius 2 is 2.05 bits per heavy atom. The number of aliphatic hydroxyl groups excluding tert-OH is 1. The van der Waals surface area contributed by atoms with Crippen LogP contribution in [0.3, 0.4) is 0 Å². The van der Waals surface area contributed by atoms with Gasteiger partial charge in [-0.2, -0.15) is 5.10 Å². The molecule has 1 atom stereocenters. The van der Waals surface area contributed by atoms with E-state index in [1.54, 1.807) is 19.2 Å². The molecule has 0 aliphatic carbocycles. The maximum atomic E-state index is 13.2. The number of halogens is 2. The first-order chi connectivity index (χ1) is 8.91. The van der Waals surface area contributed by atoms with E-state index in [9.17, 15) is 9.50 Å². The number of aryl methyl sites for hydroxylation is 1. The van der Waals surface area contributed by atoms with Crippen LogP contribution in [0.4, 0.5) is 4.39 Å². The summed E-state index contributed by atoms with van der Waals surface area (Å²) < 4.78 is 14.8. The van der Waals surface area contributed by atoms with E-state index in [0.29, 0.717) is 16.3 Å². The quantitative estimate of drug-likeness (QED) is 0.937. The van der Waals surface area contributed by atoms with E-state index in [-0.39, 0.29) is 11.7 Å². The van der Waals surface area contributed by atoms with Crippen LogP contribution in [0.5, 0.6) is 0 Å². The van der Waals surface area contributed by atoms with Crippen molar-refractivity contribution < 1.29 is 9.50 Å². The Morgan fingerprint density at radius 3 is 2.63 bits per heavy atom. The van der Waals surface area contributed by atoms with Gasteiger partial charge < -0.3 is 5.11 Å². The third-order valence-electron chi connectivity index (χ3n) is 3.02. The van der Waals surface area contributed by atoms with Crippen LogP contribution in [0, 0.1) is 5.82 Å². The van der Waals surface area contributed by atoms with Crippen LogP contribution in [0.1, 0.15) is 42.7 Å². The molecule has 19 heavy (non-hydrogen) atoms. The smallest absolute Gasteiger partial charge is 0.133 e. The number of benzene rings is 1. The van der Waals surface area contributed by atoms with Crippen molar-refractivity contribution >= 4 is 11.6 Å². The summed E-state index contributed by atoms with van der Waals surface area (Å²) in [5.41, 5.74) is 1.74. The average Bonchev–Trinajstić information content (AvgIpc) is 2.65. The van der Waals surface area contributed by atoms with E-state index < -0.39 is 6.10 Å². The van der Waals surface area contributed by atoms with Gasteiger partial charge in [-0.05, 0) is 23.6 Å². The van der Waals surface area contributed by atoms with Gasteiger partial charge in [0.2, 0.25) is 0 Å². The van der Waals surface area contributed by atoms with E-state index in [4.69, 9.17) is 11.6 Å². The van der Waals surface area contributed by atoms with Gasteiger partial charge in [0.05, 0.1) is 5.69 Å². The van der Waals surface area contributed by atoms with E-state index >= 15 is 0 Å². The average molecular weight is 283 g/mol. The summed E-state index contributed by atoms with van der Waals surface area (Å²) in [6.45, 7) is 3.95. The van der Waals surface area contributed by atoms with Crippen molar-refractivity contribution in [3.05, 3.63) is 52.1 Å². The maximum Gasteiger partial charge on any atom is 0.133 e. The molecule has 1 unspecified atom stereocenters. The second-order valence-corrected chi connectivity index (χ2v) is 5.18. The molecule has 0 spiro atoms. The van der Waals surface area contributed by atoms with Crippen LogP contribution < -0.4 is 0 Å². The van der Waals surface area contributed by atoms with Gasteiger partial charge in [-0.25, -0.2) is 4.39 Å². The van der Waals surface area contributed by atoms with Crippen molar-refractivity contribution in [2.45, 2.75) is 25.9 Å². The molecule has 1 heterocycles. The number of hydrogen-bond acceptors (Lipinski definition) is 2. The van der Waals surface area contributed by atoms with E-state index in [0.717, 1.165) is 5.69 Å². The third kappa shape index (κ3) is 2.65. The molecule has 0 bridgehead atoms. The Hall–Kier alpha value is -1.39. The monoisotopic (exact) mass is 282 g/mol. The van der Waals surface area contributed by atoms with Crippen molar-refractivity contribution in [3.63, 3.8) is 0 Å². The summed E-state index contributed by atoms with van der Waals surface area (Å²) in [6.07, 6.45) is -0.978. The number of nitrogens with zero attached hydrogens (tertiary/aromatic N) is 2. The molecule has 5 heteroatoms. The maximum absolute atomic E-state index is 13.2. The molecule has 0 saturated carbocycles. The number of rotatable bonds is 3. The zero-order chi connectivity index (χ0) is 14.2. The molecule has 0 aliphatic rings. The molecule has 0 fully saturated rings. The zero-order valence-electron chi connectivity index (χ0n) is 11.1. The summed E-state index contributed by atoms with van der Waals surface area (Å²) in [4.78, 5) is 0. The summed E-state index contributed by atoms with van der Waals surface area (Å²) in [6, 6.07) is 5.87. The highest BCUT2D eigenvalue weighted by molar-refractivity contribution is 6.30. The van der Waals surface area contributed by atoms with Crippen molar-refractivity contribution in [1.29, 1.82) is 0 Å². The first-order valence-corrected chi connectivity index (χ1v) is 6.45. The molecule has 2 aromatic rings. The van der Waals surface area contributed by atoms with Crippen LogP contribution in [0.15, 0.2) is 24.3 Å². The molecule has 0 radical (unpaired) electrons. The lowest BCUT2D eigenvalue weighted by Gasteiger charge is -2.13. The number of hydrogen-bond donors (Lipinski definition) is 1. The minimum absolute atomic E-state index is 0.122. The fourth-order valence-corrected chi connectivity index (χ4v) is 2.30. The number of aromatic nitrogens is 2. The molecule has 0 amide bonds. The van der Waals surface area contributed by atoms with Crippen LogP contribution in [0.2, 0.25) is 5.15 Å². The Balaban J connectivity index is 2.52. The highest BCUT2D eigenvalue weighted by Gasteiger charge is 2.24. The molecule has 1 aromatic carbocycles. The molecule has 1 N–H and O–H groups in total. The molecule has 2 rings (SSSR count). The van der Waals surface area contributed by atoms with Crippen LogP contribution in [-0.2, 0) is 7.05 Å². The standard InChI is InChI=1S/C14H16ClFN2O/c1-8(2)12-11(14(15)18(3)17-12)13(19)9-5-4-6-10(16)7-9/h4-8,13,19H,1-3H3. The van der Waals surface area contributed by atoms with Gasteiger partial charge in [-0.1, -0.05) is 37.6 Å². The van der Waals surface area contributed by atoms with Gasteiger partial charge in [0.15, 0.2) is 0 Å². The second kappa shape index (κ2) is 5.31. The fraction of sp³-hybridized carbons (Fsp3) is 0.357. The summed E-state index contributed by atoms with van der Waals surface area (Å²) >= 11 is 6.19. The lowest BCUT2D eigenvalue weighted by Crippen LogP contribution is -2.04. The van der Waals surface area contributed by atoms with Crippen molar-refractivity contribution in [3.8, 4) is 0 Å². The van der Waals surface area contributed by atoms with Gasteiger partial charge in [-0.15, -0.1) is 0 Å². The minimum atomic E-state index is -0.978. The van der Waals surface area contributed by atoms with Crippen molar-refractivity contribution in [2.75, 3.05) is 0 Å². The van der Waals surface area contributed by atoms with E-state index in [2.05, 4.69) is 5.10 Å². The van der Waals surface area contributed by atoms with Crippen LogP contribution in [0.25, 0.3) is 0 Å².